The highest BCUT2D eigenvalue weighted by molar-refractivity contribution is 6.12. The molecule has 6 nitrogen and oxygen atoms in total. The Kier molecular flexibility index (Phi) is 3.80. The normalized spacial score (nSPS) is 19.1. The molecule has 0 saturated carbocycles. The van der Waals surface area contributed by atoms with Gasteiger partial charge in [0.05, 0.1) is 23.9 Å². The minimum atomic E-state index is -0.492. The van der Waals surface area contributed by atoms with Gasteiger partial charge in [-0.1, -0.05) is 42.5 Å². The highest BCUT2D eigenvalue weighted by Crippen LogP contribution is 2.34. The Morgan fingerprint density at radius 1 is 1.08 bits per heavy atom. The Balaban J connectivity index is 1.71. The van der Waals surface area contributed by atoms with Gasteiger partial charge >= 0.3 is 6.03 Å². The third-order valence-corrected chi connectivity index (χ3v) is 4.64. The lowest BCUT2D eigenvalue weighted by molar-refractivity contribution is -0.114. The van der Waals surface area contributed by atoms with Crippen LogP contribution in [0, 0.1) is 0 Å². The smallest absolute Gasteiger partial charge is 0.319 e. The molecule has 2 N–H and O–H groups in total. The van der Waals surface area contributed by atoms with Crippen LogP contribution in [0.2, 0.25) is 0 Å². The molecule has 2 heterocycles. The van der Waals surface area contributed by atoms with E-state index in [4.69, 9.17) is 0 Å². The molecule has 2 aromatic carbocycles. The lowest BCUT2D eigenvalue weighted by atomic mass is 9.96. The molecule has 0 aliphatic carbocycles. The van der Waals surface area contributed by atoms with Gasteiger partial charge in [0.25, 0.3) is 5.91 Å². The zero-order valence-corrected chi connectivity index (χ0v) is 14.2. The quantitative estimate of drug-likeness (QED) is 0.838. The van der Waals surface area contributed by atoms with Crippen molar-refractivity contribution in [1.29, 1.82) is 0 Å². The number of nitrogens with zero attached hydrogens (tertiary/aromatic N) is 1. The molecule has 26 heavy (non-hydrogen) atoms. The lowest BCUT2D eigenvalue weighted by Crippen LogP contribution is -2.44. The van der Waals surface area contributed by atoms with E-state index >= 15 is 0 Å². The topological polar surface area (TPSA) is 78.5 Å². The van der Waals surface area contributed by atoms with Crippen molar-refractivity contribution in [3.8, 4) is 0 Å². The van der Waals surface area contributed by atoms with Crippen molar-refractivity contribution in [2.24, 2.45) is 0 Å². The molecule has 3 amide bonds. The molecule has 6 heteroatoms. The first-order chi connectivity index (χ1) is 12.5. The molecule has 2 aliphatic heterocycles. The number of amides is 3. The number of Topliss-reactive ketones (excluding diaryl/α,β-unsaturated/α-hetero) is 1. The highest BCUT2D eigenvalue weighted by Gasteiger charge is 2.40. The summed E-state index contributed by atoms with van der Waals surface area (Å²) in [5.41, 5.74) is 3.16. The second-order valence-electron chi connectivity index (χ2n) is 6.33. The van der Waals surface area contributed by atoms with Crippen molar-refractivity contribution < 1.29 is 14.4 Å². The number of ketones is 1. The molecule has 0 radical (unpaired) electrons. The van der Waals surface area contributed by atoms with Gasteiger partial charge in [0.1, 0.15) is 0 Å². The van der Waals surface area contributed by atoms with Crippen molar-refractivity contribution >= 4 is 23.4 Å². The van der Waals surface area contributed by atoms with Gasteiger partial charge in [-0.2, -0.15) is 0 Å². The average Bonchev–Trinajstić information content (AvgIpc) is 2.98. The summed E-state index contributed by atoms with van der Waals surface area (Å²) in [4.78, 5) is 38.4. The number of carbonyl (C=O) groups excluding carboxylic acids is 3. The molecule has 1 atom stereocenters. The summed E-state index contributed by atoms with van der Waals surface area (Å²) in [5, 5.41) is 5.57. The number of benzene rings is 2. The summed E-state index contributed by atoms with van der Waals surface area (Å²) in [6.07, 6.45) is 0. The van der Waals surface area contributed by atoms with Crippen LogP contribution in [-0.2, 0) is 4.79 Å². The van der Waals surface area contributed by atoms with Gasteiger partial charge in [-0.25, -0.2) is 4.79 Å². The maximum Gasteiger partial charge on any atom is 0.319 e. The van der Waals surface area contributed by atoms with Gasteiger partial charge in [0, 0.05) is 11.3 Å². The Morgan fingerprint density at radius 3 is 2.58 bits per heavy atom. The van der Waals surface area contributed by atoms with Crippen LogP contribution in [0.5, 0.6) is 0 Å². The van der Waals surface area contributed by atoms with Crippen LogP contribution in [0.25, 0.3) is 0 Å². The summed E-state index contributed by atoms with van der Waals surface area (Å²) >= 11 is 0. The van der Waals surface area contributed by atoms with Crippen molar-refractivity contribution in [3.05, 3.63) is 77.0 Å². The number of carbonyl (C=O) groups is 3. The molecule has 0 bridgehead atoms. The van der Waals surface area contributed by atoms with E-state index in [0.29, 0.717) is 22.5 Å². The van der Waals surface area contributed by atoms with E-state index < -0.39 is 6.04 Å². The van der Waals surface area contributed by atoms with E-state index in [1.54, 1.807) is 29.2 Å². The van der Waals surface area contributed by atoms with E-state index in [2.05, 4.69) is 10.6 Å². The Hall–Kier alpha value is -3.41. The van der Waals surface area contributed by atoms with Gasteiger partial charge in [-0.05, 0) is 24.6 Å². The minimum absolute atomic E-state index is 0.0617. The average molecular weight is 347 g/mol. The van der Waals surface area contributed by atoms with Crippen molar-refractivity contribution in [1.82, 2.24) is 10.6 Å². The molecular formula is C20H17N3O3. The SMILES string of the molecule is CC(=O)c1cccc(N2CC3=C(C2=O)[C@H](c2ccccc2)NC(=O)N3)c1. The molecule has 0 unspecified atom stereocenters. The maximum atomic E-state index is 13.1. The fraction of sp³-hybridized carbons (Fsp3) is 0.150. The Bertz CT molecular complexity index is 950. The summed E-state index contributed by atoms with van der Waals surface area (Å²) in [6, 6.07) is 15.5. The van der Waals surface area contributed by atoms with Crippen LogP contribution in [0.1, 0.15) is 28.9 Å². The summed E-state index contributed by atoms with van der Waals surface area (Å²) < 4.78 is 0. The first-order valence-corrected chi connectivity index (χ1v) is 8.33. The molecule has 0 spiro atoms. The van der Waals surface area contributed by atoms with E-state index in [1.807, 2.05) is 30.3 Å². The fourth-order valence-electron chi connectivity index (χ4n) is 3.37. The third kappa shape index (κ3) is 2.65. The van der Waals surface area contributed by atoms with Crippen molar-refractivity contribution in [2.45, 2.75) is 13.0 Å². The zero-order valence-electron chi connectivity index (χ0n) is 14.2. The number of hydrogen-bond acceptors (Lipinski definition) is 3. The van der Waals surface area contributed by atoms with Gasteiger partial charge in [-0.15, -0.1) is 0 Å². The van der Waals surface area contributed by atoms with Crippen LogP contribution in [0.4, 0.5) is 10.5 Å². The predicted octanol–water partition coefficient (Wildman–Crippen LogP) is 2.54. The van der Waals surface area contributed by atoms with Crippen LogP contribution < -0.4 is 15.5 Å². The van der Waals surface area contributed by atoms with Crippen LogP contribution in [0.3, 0.4) is 0 Å². The van der Waals surface area contributed by atoms with E-state index in [1.165, 1.54) is 6.92 Å². The molecule has 0 aromatic heterocycles. The van der Waals surface area contributed by atoms with Gasteiger partial charge in [-0.3, -0.25) is 9.59 Å². The second kappa shape index (κ2) is 6.15. The summed E-state index contributed by atoms with van der Waals surface area (Å²) in [7, 11) is 0. The fourth-order valence-corrected chi connectivity index (χ4v) is 3.37. The molecule has 2 aromatic rings. The van der Waals surface area contributed by atoms with Gasteiger partial charge < -0.3 is 15.5 Å². The number of nitrogens with one attached hydrogen (secondary N) is 2. The first-order valence-electron chi connectivity index (χ1n) is 8.33. The van der Waals surface area contributed by atoms with Gasteiger partial charge in [0.15, 0.2) is 5.78 Å². The number of rotatable bonds is 3. The second-order valence-corrected chi connectivity index (χ2v) is 6.33. The monoisotopic (exact) mass is 347 g/mol. The highest BCUT2D eigenvalue weighted by atomic mass is 16.2. The van der Waals surface area contributed by atoms with Crippen molar-refractivity contribution in [3.63, 3.8) is 0 Å². The van der Waals surface area contributed by atoms with Crippen LogP contribution in [0.15, 0.2) is 65.9 Å². The molecule has 0 saturated heterocycles. The Morgan fingerprint density at radius 2 is 1.85 bits per heavy atom. The number of anilines is 1. The summed E-state index contributed by atoms with van der Waals surface area (Å²) in [5.74, 6) is -0.240. The molecule has 0 fully saturated rings. The molecule has 130 valence electrons. The summed E-state index contributed by atoms with van der Waals surface area (Å²) in [6.45, 7) is 1.76. The number of urea groups is 1. The van der Waals surface area contributed by atoms with E-state index in [9.17, 15) is 14.4 Å². The molecule has 2 aliphatic rings. The Labute approximate surface area is 150 Å². The standard InChI is InChI=1S/C20H17N3O3/c1-12(24)14-8-5-9-15(10-14)23-11-16-17(19(23)25)18(22-20(26)21-16)13-6-3-2-4-7-13/h2-10,18H,11H2,1H3,(H2,21,22,26)/t18-/m0/s1. The van der Waals surface area contributed by atoms with Crippen molar-refractivity contribution in [2.75, 3.05) is 11.4 Å². The predicted molar refractivity (Wildman–Crippen MR) is 96.7 cm³/mol. The van der Waals surface area contributed by atoms with Gasteiger partial charge in [0.2, 0.25) is 0 Å². The third-order valence-electron chi connectivity index (χ3n) is 4.64. The van der Waals surface area contributed by atoms with E-state index in [-0.39, 0.29) is 24.3 Å². The first kappa shape index (κ1) is 16.1. The maximum absolute atomic E-state index is 13.1. The molecule has 4 rings (SSSR count). The molecular weight excluding hydrogens is 330 g/mol. The minimum Gasteiger partial charge on any atom is -0.327 e. The van der Waals surface area contributed by atoms with Crippen LogP contribution in [-0.4, -0.2) is 24.3 Å². The largest absolute Gasteiger partial charge is 0.327 e. The lowest BCUT2D eigenvalue weighted by Gasteiger charge is -2.25. The zero-order chi connectivity index (χ0) is 18.3. The van der Waals surface area contributed by atoms with Crippen LogP contribution >= 0.6 is 0 Å². The number of hydrogen-bond donors (Lipinski definition) is 2. The van der Waals surface area contributed by atoms with E-state index in [0.717, 1.165) is 5.56 Å².